The quantitative estimate of drug-likeness (QED) is 0.805. The fourth-order valence-electron chi connectivity index (χ4n) is 3.90. The average Bonchev–Trinajstić information content (AvgIpc) is 2.99. The second kappa shape index (κ2) is 9.79. The van der Waals surface area contributed by atoms with E-state index in [9.17, 15) is 9.90 Å². The largest absolute Gasteiger partial charge is 0.504 e. The van der Waals surface area contributed by atoms with Crippen LogP contribution in [0.15, 0.2) is 42.5 Å². The molecule has 1 unspecified atom stereocenters. The lowest BCUT2D eigenvalue weighted by molar-refractivity contribution is 0.0758. The van der Waals surface area contributed by atoms with Crippen LogP contribution in [-0.4, -0.2) is 60.1 Å². The van der Waals surface area contributed by atoms with Gasteiger partial charge < -0.3 is 14.7 Å². The number of benzene rings is 2. The first-order valence-electron chi connectivity index (χ1n) is 10.4. The van der Waals surface area contributed by atoms with Crippen LogP contribution in [0.3, 0.4) is 0 Å². The second-order valence-corrected chi connectivity index (χ2v) is 7.94. The SMILES string of the molecule is COc1cc(CCC(C)N2CCCN(C(=O)c3ccc(C)cc3)CC2)ccc1O. The Morgan fingerprint density at radius 1 is 1.10 bits per heavy atom. The summed E-state index contributed by atoms with van der Waals surface area (Å²) < 4.78 is 5.20. The van der Waals surface area contributed by atoms with Crippen molar-refractivity contribution in [1.82, 2.24) is 9.80 Å². The van der Waals surface area contributed by atoms with E-state index in [1.54, 1.807) is 13.2 Å². The van der Waals surface area contributed by atoms with Crippen molar-refractivity contribution in [3.8, 4) is 11.5 Å². The first-order valence-corrected chi connectivity index (χ1v) is 10.4. The highest BCUT2D eigenvalue weighted by atomic mass is 16.5. The van der Waals surface area contributed by atoms with Crippen LogP contribution in [0.4, 0.5) is 0 Å². The third kappa shape index (κ3) is 5.51. The summed E-state index contributed by atoms with van der Waals surface area (Å²) in [7, 11) is 1.57. The van der Waals surface area contributed by atoms with Crippen molar-refractivity contribution in [3.63, 3.8) is 0 Å². The number of carbonyl (C=O) groups excluding carboxylic acids is 1. The van der Waals surface area contributed by atoms with Gasteiger partial charge in [-0.3, -0.25) is 9.69 Å². The van der Waals surface area contributed by atoms with Gasteiger partial charge in [-0.25, -0.2) is 0 Å². The summed E-state index contributed by atoms with van der Waals surface area (Å²) in [6.45, 7) is 7.79. The van der Waals surface area contributed by atoms with E-state index in [2.05, 4.69) is 11.8 Å². The molecule has 0 bridgehead atoms. The number of aryl methyl sites for hydroxylation is 2. The van der Waals surface area contributed by atoms with E-state index < -0.39 is 0 Å². The van der Waals surface area contributed by atoms with Crippen LogP contribution in [0.1, 0.15) is 41.3 Å². The minimum Gasteiger partial charge on any atom is -0.504 e. The molecule has 1 saturated heterocycles. The Morgan fingerprint density at radius 2 is 1.86 bits per heavy atom. The Hall–Kier alpha value is -2.53. The number of nitrogens with zero attached hydrogens (tertiary/aromatic N) is 2. The number of methoxy groups -OCH3 is 1. The molecule has 1 atom stereocenters. The molecule has 5 nitrogen and oxygen atoms in total. The van der Waals surface area contributed by atoms with E-state index in [4.69, 9.17) is 4.74 Å². The monoisotopic (exact) mass is 396 g/mol. The lowest BCUT2D eigenvalue weighted by atomic mass is 10.0. The van der Waals surface area contributed by atoms with Gasteiger partial charge in [0.2, 0.25) is 0 Å². The van der Waals surface area contributed by atoms with Gasteiger partial charge >= 0.3 is 0 Å². The van der Waals surface area contributed by atoms with Crippen molar-refractivity contribution >= 4 is 5.91 Å². The topological polar surface area (TPSA) is 53.0 Å². The lowest BCUT2D eigenvalue weighted by Gasteiger charge is -2.28. The van der Waals surface area contributed by atoms with Crippen molar-refractivity contribution in [3.05, 3.63) is 59.2 Å². The molecule has 156 valence electrons. The zero-order valence-corrected chi connectivity index (χ0v) is 17.7. The smallest absolute Gasteiger partial charge is 0.253 e. The molecule has 1 aliphatic heterocycles. The first kappa shape index (κ1) is 21.2. The van der Waals surface area contributed by atoms with Crippen molar-refractivity contribution in [2.24, 2.45) is 0 Å². The molecule has 2 aromatic rings. The molecule has 0 aliphatic carbocycles. The Bertz CT molecular complexity index is 819. The fraction of sp³-hybridized carbons (Fsp3) is 0.458. The maximum absolute atomic E-state index is 12.8. The average molecular weight is 397 g/mol. The molecule has 1 fully saturated rings. The van der Waals surface area contributed by atoms with Crippen molar-refractivity contribution < 1.29 is 14.6 Å². The number of phenols is 1. The van der Waals surface area contributed by atoms with E-state index in [0.29, 0.717) is 11.8 Å². The molecule has 0 radical (unpaired) electrons. The Labute approximate surface area is 173 Å². The van der Waals surface area contributed by atoms with E-state index >= 15 is 0 Å². The highest BCUT2D eigenvalue weighted by Crippen LogP contribution is 2.27. The van der Waals surface area contributed by atoms with Gasteiger partial charge in [-0.2, -0.15) is 0 Å². The molecular weight excluding hydrogens is 364 g/mol. The van der Waals surface area contributed by atoms with Gasteiger partial charge in [0.25, 0.3) is 5.91 Å². The minimum atomic E-state index is 0.135. The molecule has 1 heterocycles. The van der Waals surface area contributed by atoms with Gasteiger partial charge in [0, 0.05) is 37.8 Å². The minimum absolute atomic E-state index is 0.135. The molecule has 1 N–H and O–H groups in total. The third-order valence-electron chi connectivity index (χ3n) is 5.83. The van der Waals surface area contributed by atoms with Gasteiger partial charge in [0.15, 0.2) is 11.5 Å². The van der Waals surface area contributed by atoms with Gasteiger partial charge in [-0.05, 0) is 62.9 Å². The van der Waals surface area contributed by atoms with Gasteiger partial charge in [-0.15, -0.1) is 0 Å². The van der Waals surface area contributed by atoms with E-state index in [1.165, 1.54) is 5.56 Å². The van der Waals surface area contributed by atoms with Crippen LogP contribution in [0, 0.1) is 6.92 Å². The van der Waals surface area contributed by atoms with Crippen molar-refractivity contribution in [2.45, 2.75) is 39.2 Å². The summed E-state index contributed by atoms with van der Waals surface area (Å²) in [6.07, 6.45) is 2.95. The molecular formula is C24H32N2O3. The summed E-state index contributed by atoms with van der Waals surface area (Å²) in [5.74, 6) is 0.834. The van der Waals surface area contributed by atoms with Crippen molar-refractivity contribution in [2.75, 3.05) is 33.3 Å². The maximum Gasteiger partial charge on any atom is 0.253 e. The standard InChI is InChI=1S/C24H32N2O3/c1-18-5-10-21(11-6-18)24(28)26-14-4-13-25(15-16-26)19(2)7-8-20-9-12-22(27)23(17-20)29-3/h5-6,9-12,17,19,27H,4,7-8,13-16H2,1-3H3. The highest BCUT2D eigenvalue weighted by molar-refractivity contribution is 5.94. The number of hydrogen-bond donors (Lipinski definition) is 1. The Kier molecular flexibility index (Phi) is 7.15. The van der Waals surface area contributed by atoms with Crippen LogP contribution < -0.4 is 4.74 Å². The molecule has 0 aromatic heterocycles. The zero-order valence-electron chi connectivity index (χ0n) is 17.7. The number of hydrogen-bond acceptors (Lipinski definition) is 4. The summed E-state index contributed by atoms with van der Waals surface area (Å²) in [5, 5.41) is 9.75. The Morgan fingerprint density at radius 3 is 2.59 bits per heavy atom. The molecule has 5 heteroatoms. The highest BCUT2D eigenvalue weighted by Gasteiger charge is 2.22. The number of ether oxygens (including phenoxy) is 1. The van der Waals surface area contributed by atoms with Crippen LogP contribution in [0.5, 0.6) is 11.5 Å². The number of amides is 1. The number of aromatic hydroxyl groups is 1. The summed E-state index contributed by atoms with van der Waals surface area (Å²) >= 11 is 0. The van der Waals surface area contributed by atoms with Crippen LogP contribution in [0.25, 0.3) is 0 Å². The summed E-state index contributed by atoms with van der Waals surface area (Å²) in [5.41, 5.74) is 3.11. The predicted molar refractivity (Wildman–Crippen MR) is 116 cm³/mol. The summed E-state index contributed by atoms with van der Waals surface area (Å²) in [4.78, 5) is 17.3. The first-order chi connectivity index (χ1) is 14.0. The fourth-order valence-corrected chi connectivity index (χ4v) is 3.90. The number of rotatable bonds is 6. The number of phenolic OH excluding ortho intramolecular Hbond substituents is 1. The third-order valence-corrected chi connectivity index (χ3v) is 5.83. The lowest BCUT2D eigenvalue weighted by Crippen LogP contribution is -2.38. The Balaban J connectivity index is 1.53. The van der Waals surface area contributed by atoms with Gasteiger partial charge in [0.1, 0.15) is 0 Å². The van der Waals surface area contributed by atoms with Crippen LogP contribution in [0.2, 0.25) is 0 Å². The molecule has 0 spiro atoms. The molecule has 1 aliphatic rings. The number of carbonyl (C=O) groups is 1. The van der Waals surface area contributed by atoms with Gasteiger partial charge in [0.05, 0.1) is 7.11 Å². The molecule has 29 heavy (non-hydrogen) atoms. The molecule has 2 aromatic carbocycles. The summed E-state index contributed by atoms with van der Waals surface area (Å²) in [6, 6.07) is 13.8. The van der Waals surface area contributed by atoms with E-state index in [0.717, 1.165) is 56.6 Å². The molecule has 3 rings (SSSR count). The van der Waals surface area contributed by atoms with Crippen LogP contribution >= 0.6 is 0 Å². The van der Waals surface area contributed by atoms with Crippen LogP contribution in [-0.2, 0) is 6.42 Å². The normalized spacial score (nSPS) is 16.3. The van der Waals surface area contributed by atoms with E-state index in [-0.39, 0.29) is 11.7 Å². The predicted octanol–water partition coefficient (Wildman–Crippen LogP) is 3.88. The van der Waals surface area contributed by atoms with Crippen molar-refractivity contribution in [1.29, 1.82) is 0 Å². The molecule has 1 amide bonds. The molecule has 0 saturated carbocycles. The van der Waals surface area contributed by atoms with E-state index in [1.807, 2.05) is 48.2 Å². The van der Waals surface area contributed by atoms with Gasteiger partial charge in [-0.1, -0.05) is 23.8 Å². The maximum atomic E-state index is 12.8. The zero-order chi connectivity index (χ0) is 20.8. The second-order valence-electron chi connectivity index (χ2n) is 7.94.